The van der Waals surface area contributed by atoms with Gasteiger partial charge in [0.25, 0.3) is 0 Å². The predicted octanol–water partition coefficient (Wildman–Crippen LogP) is 1.26. The molecule has 1 aromatic rings. The maximum absolute atomic E-state index is 3.51. The summed E-state index contributed by atoms with van der Waals surface area (Å²) in [5.41, 5.74) is 1.05. The molecule has 0 fully saturated rings. The first kappa shape index (κ1) is 5.74. The van der Waals surface area contributed by atoms with E-state index >= 15 is 0 Å². The summed E-state index contributed by atoms with van der Waals surface area (Å²) in [5, 5.41) is 0. The van der Waals surface area contributed by atoms with Crippen molar-refractivity contribution >= 4 is 4.92 Å². The molecular formula is C7H5Fe. The number of hydrogen-bond acceptors (Lipinski definition) is 0. The average molecular weight is 145 g/mol. The van der Waals surface area contributed by atoms with Crippen LogP contribution >= 0.6 is 0 Å². The van der Waals surface area contributed by atoms with Gasteiger partial charge < -0.3 is 0 Å². The van der Waals surface area contributed by atoms with Crippen molar-refractivity contribution in [2.75, 3.05) is 0 Å². The van der Waals surface area contributed by atoms with E-state index in [1.165, 1.54) is 0 Å². The van der Waals surface area contributed by atoms with Crippen molar-refractivity contribution in [2.45, 2.75) is 0 Å². The fourth-order valence-electron chi connectivity index (χ4n) is 0.497. The minimum atomic E-state index is 1.05. The summed E-state index contributed by atoms with van der Waals surface area (Å²) in [6, 6.07) is 9.84. The van der Waals surface area contributed by atoms with E-state index in [2.05, 4.69) is 20.5 Å². The molecule has 0 aliphatic rings. The minimum absolute atomic E-state index is 1.05. The zero-order chi connectivity index (χ0) is 5.82. The van der Waals surface area contributed by atoms with Gasteiger partial charge in [-0.05, 0) is 0 Å². The maximum atomic E-state index is 3.51. The van der Waals surface area contributed by atoms with E-state index in [4.69, 9.17) is 0 Å². The molecule has 0 saturated carbocycles. The summed E-state index contributed by atoms with van der Waals surface area (Å²) in [6.07, 6.45) is 0. The monoisotopic (exact) mass is 145 g/mol. The van der Waals surface area contributed by atoms with Crippen molar-refractivity contribution in [1.82, 2.24) is 0 Å². The van der Waals surface area contributed by atoms with Gasteiger partial charge in [-0.25, -0.2) is 0 Å². The first-order valence-electron chi connectivity index (χ1n) is 2.34. The molecule has 41 valence electrons. The fourth-order valence-corrected chi connectivity index (χ4v) is 0.681. The van der Waals surface area contributed by atoms with Crippen molar-refractivity contribution in [2.24, 2.45) is 0 Å². The van der Waals surface area contributed by atoms with E-state index in [1.807, 2.05) is 30.3 Å². The Balaban J connectivity index is 2.99. The quantitative estimate of drug-likeness (QED) is 0.412. The Bertz CT molecular complexity index is 167. The molecular weight excluding hydrogens is 140 g/mol. The van der Waals surface area contributed by atoms with Crippen LogP contribution in [0.4, 0.5) is 0 Å². The van der Waals surface area contributed by atoms with Gasteiger partial charge in [0.1, 0.15) is 0 Å². The van der Waals surface area contributed by atoms with Crippen molar-refractivity contribution < 1.29 is 15.6 Å². The molecule has 0 saturated heterocycles. The average Bonchev–Trinajstić information content (AvgIpc) is 1.90. The Hall–Kier alpha value is -0.391. The summed E-state index contributed by atoms with van der Waals surface area (Å²) in [4.78, 5) is 2.78. The summed E-state index contributed by atoms with van der Waals surface area (Å²) in [6.45, 7) is 0. The molecule has 0 N–H and O–H groups in total. The van der Waals surface area contributed by atoms with E-state index in [0.29, 0.717) is 0 Å². The van der Waals surface area contributed by atoms with Crippen LogP contribution in [-0.2, 0) is 15.6 Å². The van der Waals surface area contributed by atoms with E-state index in [-0.39, 0.29) is 0 Å². The molecule has 1 rings (SSSR count). The molecule has 0 heterocycles. The molecule has 1 aromatic carbocycles. The van der Waals surface area contributed by atoms with Crippen LogP contribution < -0.4 is 0 Å². The van der Waals surface area contributed by atoms with Gasteiger partial charge in [0.05, 0.1) is 0 Å². The zero-order valence-electron chi connectivity index (χ0n) is 4.24. The normalized spacial score (nSPS) is 8.50. The summed E-state index contributed by atoms with van der Waals surface area (Å²) < 4.78 is 0. The predicted molar refractivity (Wildman–Crippen MR) is 30.6 cm³/mol. The fraction of sp³-hybridized carbons (Fsp3) is 0. The Kier molecular flexibility index (Phi) is 2.01. The topological polar surface area (TPSA) is 0 Å². The van der Waals surface area contributed by atoms with Crippen LogP contribution in [0, 0.1) is 0 Å². The second-order valence-electron chi connectivity index (χ2n) is 1.45. The molecule has 0 atom stereocenters. The van der Waals surface area contributed by atoms with Gasteiger partial charge in [0, 0.05) is 0 Å². The Labute approximate surface area is 56.9 Å². The molecule has 0 aliphatic heterocycles. The number of rotatable bonds is 1. The second kappa shape index (κ2) is 2.81. The van der Waals surface area contributed by atoms with Crippen LogP contribution in [0.5, 0.6) is 0 Å². The molecule has 1 heteroatoms. The first-order valence-corrected chi connectivity index (χ1v) is 2.89. The second-order valence-corrected chi connectivity index (χ2v) is 1.73. The van der Waals surface area contributed by atoms with E-state index in [0.717, 1.165) is 5.56 Å². The molecule has 0 aromatic heterocycles. The first-order chi connectivity index (χ1) is 3.93. The number of hydrogen-bond donors (Lipinski definition) is 0. The third kappa shape index (κ3) is 1.29. The van der Waals surface area contributed by atoms with Gasteiger partial charge in [-0.2, -0.15) is 0 Å². The van der Waals surface area contributed by atoms with Crippen molar-refractivity contribution in [1.29, 1.82) is 0 Å². The molecule has 8 heavy (non-hydrogen) atoms. The van der Waals surface area contributed by atoms with Crippen LogP contribution in [-0.4, -0.2) is 4.92 Å². The van der Waals surface area contributed by atoms with Crippen LogP contribution in [0.2, 0.25) is 0 Å². The van der Waals surface area contributed by atoms with Crippen molar-refractivity contribution in [3.05, 3.63) is 35.9 Å². The Morgan fingerprint density at radius 2 is 1.75 bits per heavy atom. The van der Waals surface area contributed by atoms with E-state index in [1.54, 1.807) is 0 Å². The van der Waals surface area contributed by atoms with Gasteiger partial charge in [0.2, 0.25) is 0 Å². The molecule has 0 bridgehead atoms. The third-order valence-corrected chi connectivity index (χ3v) is 1.19. The SMILES string of the molecule is [Fe+]=[C-]c1ccccc1. The van der Waals surface area contributed by atoms with Crippen molar-refractivity contribution in [3.8, 4) is 0 Å². The molecule has 0 nitrogen and oxygen atoms in total. The van der Waals surface area contributed by atoms with Crippen LogP contribution in [0.25, 0.3) is 0 Å². The Morgan fingerprint density at radius 1 is 1.12 bits per heavy atom. The van der Waals surface area contributed by atoms with Gasteiger partial charge in [-0.15, -0.1) is 0 Å². The van der Waals surface area contributed by atoms with Gasteiger partial charge in [-0.3, -0.25) is 0 Å². The van der Waals surface area contributed by atoms with Gasteiger partial charge >= 0.3 is 56.4 Å². The molecule has 0 unspecified atom stereocenters. The summed E-state index contributed by atoms with van der Waals surface area (Å²) in [5.74, 6) is 0. The van der Waals surface area contributed by atoms with E-state index in [9.17, 15) is 0 Å². The van der Waals surface area contributed by atoms with Gasteiger partial charge in [0.15, 0.2) is 0 Å². The van der Waals surface area contributed by atoms with E-state index < -0.39 is 0 Å². The molecule has 0 amide bonds. The standard InChI is InChI=1S/C7H5.Fe/c1-7-5-3-2-4-6-7;/h2-6H;/q-1;+1. The molecule has 0 radical (unpaired) electrons. The zero-order valence-corrected chi connectivity index (χ0v) is 5.34. The third-order valence-electron chi connectivity index (χ3n) is 0.876. The van der Waals surface area contributed by atoms with Crippen LogP contribution in [0.15, 0.2) is 30.3 Å². The van der Waals surface area contributed by atoms with Crippen LogP contribution in [0.3, 0.4) is 0 Å². The van der Waals surface area contributed by atoms with Crippen molar-refractivity contribution in [3.63, 3.8) is 0 Å². The summed E-state index contributed by atoms with van der Waals surface area (Å²) in [7, 11) is 0. The summed E-state index contributed by atoms with van der Waals surface area (Å²) >= 11 is 3.51. The molecule has 0 aliphatic carbocycles. The molecule has 0 spiro atoms. The van der Waals surface area contributed by atoms with Gasteiger partial charge in [-0.1, -0.05) is 0 Å². The Morgan fingerprint density at radius 3 is 2.12 bits per heavy atom. The van der Waals surface area contributed by atoms with Crippen LogP contribution in [0.1, 0.15) is 5.56 Å². The number of benzene rings is 1.